The molecule has 1 N–H and O–H groups in total. The first kappa shape index (κ1) is 17.6. The molecule has 1 rings (SSSR count). The highest BCUT2D eigenvalue weighted by Crippen LogP contribution is 2.21. The minimum Gasteiger partial charge on any atom is -0.323 e. The molecule has 0 radical (unpaired) electrons. The molecule has 118 valence electrons. The third kappa shape index (κ3) is 5.13. The van der Waals surface area contributed by atoms with Crippen LogP contribution in [0.4, 0.5) is 13.2 Å². The third-order valence-corrected chi connectivity index (χ3v) is 6.11. The Balaban J connectivity index is 2.64. The van der Waals surface area contributed by atoms with E-state index in [2.05, 4.69) is 0 Å². The summed E-state index contributed by atoms with van der Waals surface area (Å²) in [6, 6.07) is 0. The van der Waals surface area contributed by atoms with Crippen molar-refractivity contribution in [3.63, 3.8) is 0 Å². The summed E-state index contributed by atoms with van der Waals surface area (Å²) in [7, 11) is -3.43. The standard InChI is InChI=1S/C10H17F3N2O3S2/c1-2-20(17,18)9-6-19-4-3-15(9)8(16)5-14-7-10(11,12)13/h9,14H,2-7H2,1H3. The van der Waals surface area contributed by atoms with Crippen molar-refractivity contribution in [3.8, 4) is 0 Å². The maximum absolute atomic E-state index is 12.0. The van der Waals surface area contributed by atoms with Crippen LogP contribution in [0, 0.1) is 0 Å². The molecule has 0 aromatic carbocycles. The Kier molecular flexibility index (Phi) is 6.14. The van der Waals surface area contributed by atoms with Crippen LogP contribution in [0.2, 0.25) is 0 Å². The van der Waals surface area contributed by atoms with Gasteiger partial charge in [-0.15, -0.1) is 0 Å². The Hall–Kier alpha value is -0.480. The van der Waals surface area contributed by atoms with Gasteiger partial charge in [0.15, 0.2) is 9.84 Å². The van der Waals surface area contributed by atoms with Crippen molar-refractivity contribution < 1.29 is 26.4 Å². The number of hydrogen-bond acceptors (Lipinski definition) is 5. The van der Waals surface area contributed by atoms with E-state index in [0.717, 1.165) is 0 Å². The molecule has 1 aliphatic heterocycles. The summed E-state index contributed by atoms with van der Waals surface area (Å²) < 4.78 is 59.7. The molecule has 0 aliphatic carbocycles. The lowest BCUT2D eigenvalue weighted by Crippen LogP contribution is -2.53. The fraction of sp³-hybridized carbons (Fsp3) is 0.900. The highest BCUT2D eigenvalue weighted by atomic mass is 32.2. The number of halogens is 3. The minimum atomic E-state index is -4.40. The van der Waals surface area contributed by atoms with E-state index >= 15 is 0 Å². The van der Waals surface area contributed by atoms with Crippen molar-refractivity contribution in [1.29, 1.82) is 0 Å². The largest absolute Gasteiger partial charge is 0.401 e. The predicted molar refractivity (Wildman–Crippen MR) is 71.2 cm³/mol. The third-order valence-electron chi connectivity index (χ3n) is 2.82. The molecular weight excluding hydrogens is 317 g/mol. The van der Waals surface area contributed by atoms with Crippen LogP contribution >= 0.6 is 11.8 Å². The van der Waals surface area contributed by atoms with E-state index in [1.165, 1.54) is 23.6 Å². The number of amides is 1. The monoisotopic (exact) mass is 334 g/mol. The molecule has 1 unspecified atom stereocenters. The summed E-state index contributed by atoms with van der Waals surface area (Å²) in [5.41, 5.74) is 0. The maximum Gasteiger partial charge on any atom is 0.401 e. The Morgan fingerprint density at radius 2 is 2.10 bits per heavy atom. The van der Waals surface area contributed by atoms with E-state index in [-0.39, 0.29) is 18.1 Å². The first-order valence-electron chi connectivity index (χ1n) is 6.03. The molecular formula is C10H17F3N2O3S2. The fourth-order valence-corrected chi connectivity index (χ4v) is 4.76. The summed E-state index contributed by atoms with van der Waals surface area (Å²) in [4.78, 5) is 13.0. The number of carbonyl (C=O) groups excluding carboxylic acids is 1. The van der Waals surface area contributed by atoms with Gasteiger partial charge in [0, 0.05) is 23.8 Å². The number of nitrogens with zero attached hydrogens (tertiary/aromatic N) is 1. The predicted octanol–water partition coefficient (Wildman–Crippen LogP) is 0.474. The molecule has 0 spiro atoms. The normalized spacial score (nSPS) is 21.0. The van der Waals surface area contributed by atoms with Gasteiger partial charge in [0.1, 0.15) is 5.37 Å². The molecule has 1 fully saturated rings. The van der Waals surface area contributed by atoms with Crippen LogP contribution in [0.5, 0.6) is 0 Å². The van der Waals surface area contributed by atoms with Gasteiger partial charge in [-0.05, 0) is 0 Å². The highest BCUT2D eigenvalue weighted by Gasteiger charge is 2.36. The van der Waals surface area contributed by atoms with Crippen LogP contribution < -0.4 is 5.32 Å². The van der Waals surface area contributed by atoms with Crippen molar-refractivity contribution in [2.45, 2.75) is 18.5 Å². The molecule has 1 atom stereocenters. The molecule has 0 bridgehead atoms. The molecule has 0 saturated carbocycles. The van der Waals surface area contributed by atoms with Crippen LogP contribution in [-0.4, -0.2) is 67.7 Å². The zero-order valence-electron chi connectivity index (χ0n) is 10.9. The van der Waals surface area contributed by atoms with E-state index in [9.17, 15) is 26.4 Å². The van der Waals surface area contributed by atoms with Gasteiger partial charge >= 0.3 is 6.18 Å². The second-order valence-electron chi connectivity index (χ2n) is 4.29. The number of thioether (sulfide) groups is 1. The molecule has 1 aliphatic rings. The fourth-order valence-electron chi connectivity index (χ4n) is 1.77. The van der Waals surface area contributed by atoms with Crippen LogP contribution in [-0.2, 0) is 14.6 Å². The molecule has 20 heavy (non-hydrogen) atoms. The van der Waals surface area contributed by atoms with Crippen LogP contribution in [0.3, 0.4) is 0 Å². The topological polar surface area (TPSA) is 66.5 Å². The van der Waals surface area contributed by atoms with Gasteiger partial charge in [-0.25, -0.2) is 8.42 Å². The molecule has 10 heteroatoms. The van der Waals surface area contributed by atoms with Crippen LogP contribution in [0.1, 0.15) is 6.92 Å². The van der Waals surface area contributed by atoms with Gasteiger partial charge in [0.25, 0.3) is 0 Å². The second kappa shape index (κ2) is 6.99. The molecule has 1 heterocycles. The van der Waals surface area contributed by atoms with Gasteiger partial charge in [-0.2, -0.15) is 24.9 Å². The summed E-state index contributed by atoms with van der Waals surface area (Å²) in [6.07, 6.45) is -4.40. The Morgan fingerprint density at radius 3 is 2.65 bits per heavy atom. The Labute approximate surface area is 120 Å². The van der Waals surface area contributed by atoms with E-state index < -0.39 is 40.4 Å². The number of nitrogens with one attached hydrogen (secondary N) is 1. The van der Waals surface area contributed by atoms with Gasteiger partial charge < -0.3 is 10.2 Å². The van der Waals surface area contributed by atoms with Gasteiger partial charge in [-0.1, -0.05) is 6.92 Å². The second-order valence-corrected chi connectivity index (χ2v) is 7.88. The van der Waals surface area contributed by atoms with E-state index in [0.29, 0.717) is 5.75 Å². The lowest BCUT2D eigenvalue weighted by molar-refractivity contribution is -0.134. The first-order valence-corrected chi connectivity index (χ1v) is 8.90. The summed E-state index contributed by atoms with van der Waals surface area (Å²) >= 11 is 1.42. The van der Waals surface area contributed by atoms with Crippen LogP contribution in [0.25, 0.3) is 0 Å². The summed E-state index contributed by atoms with van der Waals surface area (Å²) in [5.74, 6) is 0.136. The SMILES string of the molecule is CCS(=O)(=O)C1CSCCN1C(=O)CNCC(F)(F)F. The quantitative estimate of drug-likeness (QED) is 0.792. The minimum absolute atomic E-state index is 0.0992. The number of hydrogen-bond donors (Lipinski definition) is 1. The molecule has 0 aromatic heterocycles. The number of alkyl halides is 3. The average Bonchev–Trinajstić information content (AvgIpc) is 2.37. The zero-order valence-corrected chi connectivity index (χ0v) is 12.6. The van der Waals surface area contributed by atoms with Crippen molar-refractivity contribution >= 4 is 27.5 Å². The number of rotatable bonds is 5. The Bertz CT molecular complexity index is 440. The van der Waals surface area contributed by atoms with E-state index in [1.807, 2.05) is 5.32 Å². The van der Waals surface area contributed by atoms with Crippen molar-refractivity contribution in [3.05, 3.63) is 0 Å². The van der Waals surface area contributed by atoms with Crippen molar-refractivity contribution in [2.75, 3.05) is 36.9 Å². The van der Waals surface area contributed by atoms with E-state index in [4.69, 9.17) is 0 Å². The number of sulfone groups is 1. The number of carbonyl (C=O) groups is 1. The van der Waals surface area contributed by atoms with Gasteiger partial charge in [-0.3, -0.25) is 4.79 Å². The maximum atomic E-state index is 12.0. The highest BCUT2D eigenvalue weighted by molar-refractivity contribution is 8.01. The lowest BCUT2D eigenvalue weighted by Gasteiger charge is -2.34. The summed E-state index contributed by atoms with van der Waals surface area (Å²) in [6.45, 7) is -0.0628. The summed E-state index contributed by atoms with van der Waals surface area (Å²) in [5, 5.41) is 1.06. The average molecular weight is 334 g/mol. The van der Waals surface area contributed by atoms with Gasteiger partial charge in [0.2, 0.25) is 5.91 Å². The molecule has 0 aromatic rings. The van der Waals surface area contributed by atoms with Crippen molar-refractivity contribution in [1.82, 2.24) is 10.2 Å². The van der Waals surface area contributed by atoms with E-state index in [1.54, 1.807) is 0 Å². The molecule has 1 amide bonds. The lowest BCUT2D eigenvalue weighted by atomic mass is 10.4. The van der Waals surface area contributed by atoms with Gasteiger partial charge in [0.05, 0.1) is 13.1 Å². The first-order chi connectivity index (χ1) is 9.17. The molecule has 5 nitrogen and oxygen atoms in total. The molecule has 1 saturated heterocycles. The van der Waals surface area contributed by atoms with Crippen LogP contribution in [0.15, 0.2) is 0 Å². The Morgan fingerprint density at radius 1 is 1.45 bits per heavy atom. The zero-order chi connectivity index (χ0) is 15.4. The van der Waals surface area contributed by atoms with Crippen molar-refractivity contribution in [2.24, 2.45) is 0 Å². The smallest absolute Gasteiger partial charge is 0.323 e.